The number of halogens is 4. The van der Waals surface area contributed by atoms with Crippen LogP contribution in [-0.4, -0.2) is 9.97 Å². The first kappa shape index (κ1) is 13.2. The van der Waals surface area contributed by atoms with E-state index in [1.165, 1.54) is 18.2 Å². The number of nitrogens with zero attached hydrogens (tertiary/aromatic N) is 2. The van der Waals surface area contributed by atoms with Crippen molar-refractivity contribution in [2.75, 3.05) is 0 Å². The fourth-order valence-electron chi connectivity index (χ4n) is 1.41. The summed E-state index contributed by atoms with van der Waals surface area (Å²) in [5.41, 5.74) is 0.924. The van der Waals surface area contributed by atoms with Gasteiger partial charge in [0.25, 0.3) is 6.43 Å². The van der Waals surface area contributed by atoms with Crippen molar-refractivity contribution in [1.82, 2.24) is 9.97 Å². The molecule has 2 rings (SSSR count). The second-order valence-corrected chi connectivity index (χ2v) is 4.40. The van der Waals surface area contributed by atoms with Gasteiger partial charge >= 0.3 is 0 Å². The minimum atomic E-state index is -2.54. The van der Waals surface area contributed by atoms with Crippen molar-refractivity contribution < 1.29 is 8.78 Å². The lowest BCUT2D eigenvalue weighted by Crippen LogP contribution is -1.95. The van der Waals surface area contributed by atoms with Gasteiger partial charge in [0.05, 0.1) is 0 Å². The van der Waals surface area contributed by atoms with Crippen molar-refractivity contribution in [3.8, 4) is 11.4 Å². The Morgan fingerprint density at radius 3 is 2.28 bits per heavy atom. The lowest BCUT2D eigenvalue weighted by atomic mass is 10.1. The standard InChI is InChI=1S/C12H8Cl2F2N2/c1-6-9(13)17-12(18-10(6)14)8-4-2-3-7(5-8)11(15)16/h2-5,11H,1H3. The highest BCUT2D eigenvalue weighted by Gasteiger charge is 2.12. The van der Waals surface area contributed by atoms with E-state index in [0.717, 1.165) is 0 Å². The Morgan fingerprint density at radius 2 is 1.72 bits per heavy atom. The predicted octanol–water partition coefficient (Wildman–Crippen LogP) is 4.70. The van der Waals surface area contributed by atoms with Gasteiger partial charge in [0.15, 0.2) is 5.82 Å². The molecular formula is C12H8Cl2F2N2. The Bertz CT molecular complexity index is 565. The summed E-state index contributed by atoms with van der Waals surface area (Å²) in [6, 6.07) is 5.80. The minimum absolute atomic E-state index is 0.0936. The van der Waals surface area contributed by atoms with Crippen LogP contribution in [0.15, 0.2) is 24.3 Å². The zero-order chi connectivity index (χ0) is 13.3. The van der Waals surface area contributed by atoms with Crippen LogP contribution in [-0.2, 0) is 0 Å². The number of benzene rings is 1. The van der Waals surface area contributed by atoms with Crippen molar-refractivity contribution in [2.24, 2.45) is 0 Å². The maximum atomic E-state index is 12.6. The van der Waals surface area contributed by atoms with E-state index >= 15 is 0 Å². The van der Waals surface area contributed by atoms with Crippen molar-refractivity contribution in [3.63, 3.8) is 0 Å². The van der Waals surface area contributed by atoms with Crippen molar-refractivity contribution in [2.45, 2.75) is 13.3 Å². The van der Waals surface area contributed by atoms with E-state index in [1.54, 1.807) is 13.0 Å². The summed E-state index contributed by atoms with van der Waals surface area (Å²) in [5, 5.41) is 0.430. The Labute approximate surface area is 113 Å². The third-order valence-electron chi connectivity index (χ3n) is 2.42. The third-order valence-corrected chi connectivity index (χ3v) is 3.16. The van der Waals surface area contributed by atoms with Crippen LogP contribution in [0.1, 0.15) is 17.6 Å². The highest BCUT2D eigenvalue weighted by Crippen LogP contribution is 2.27. The van der Waals surface area contributed by atoms with Gasteiger partial charge in [-0.05, 0) is 13.0 Å². The molecular weight excluding hydrogens is 281 g/mol. The van der Waals surface area contributed by atoms with Crippen LogP contribution in [0, 0.1) is 6.92 Å². The van der Waals surface area contributed by atoms with Crippen LogP contribution in [0.3, 0.4) is 0 Å². The summed E-state index contributed by atoms with van der Waals surface area (Å²) in [6.07, 6.45) is -2.54. The van der Waals surface area contributed by atoms with E-state index in [0.29, 0.717) is 11.1 Å². The third kappa shape index (κ3) is 2.60. The fraction of sp³-hybridized carbons (Fsp3) is 0.167. The molecule has 0 fully saturated rings. The van der Waals surface area contributed by atoms with Crippen LogP contribution in [0.2, 0.25) is 10.3 Å². The largest absolute Gasteiger partial charge is 0.263 e. The van der Waals surface area contributed by atoms with Crippen LogP contribution >= 0.6 is 23.2 Å². The molecule has 0 amide bonds. The zero-order valence-electron chi connectivity index (χ0n) is 9.29. The Morgan fingerprint density at radius 1 is 1.11 bits per heavy atom. The summed E-state index contributed by atoms with van der Waals surface area (Å²) in [7, 11) is 0. The van der Waals surface area contributed by atoms with Gasteiger partial charge in [0, 0.05) is 16.7 Å². The summed E-state index contributed by atoms with van der Waals surface area (Å²) >= 11 is 11.8. The predicted molar refractivity (Wildman–Crippen MR) is 67.2 cm³/mol. The highest BCUT2D eigenvalue weighted by atomic mass is 35.5. The van der Waals surface area contributed by atoms with Gasteiger partial charge in [-0.1, -0.05) is 41.4 Å². The molecule has 0 bridgehead atoms. The van der Waals surface area contributed by atoms with Gasteiger partial charge in [-0.3, -0.25) is 0 Å². The van der Waals surface area contributed by atoms with E-state index in [-0.39, 0.29) is 21.7 Å². The average Bonchev–Trinajstić information content (AvgIpc) is 2.35. The van der Waals surface area contributed by atoms with Crippen molar-refractivity contribution in [3.05, 3.63) is 45.7 Å². The number of alkyl halides is 2. The van der Waals surface area contributed by atoms with E-state index in [1.807, 2.05) is 0 Å². The van der Waals surface area contributed by atoms with Crippen LogP contribution in [0.25, 0.3) is 11.4 Å². The van der Waals surface area contributed by atoms with Gasteiger partial charge < -0.3 is 0 Å². The molecule has 1 aromatic carbocycles. The molecule has 6 heteroatoms. The first-order chi connectivity index (χ1) is 8.49. The molecule has 94 valence electrons. The maximum absolute atomic E-state index is 12.6. The van der Waals surface area contributed by atoms with Crippen LogP contribution in [0.5, 0.6) is 0 Å². The van der Waals surface area contributed by atoms with Crippen LogP contribution in [0.4, 0.5) is 8.78 Å². The molecule has 0 unspecified atom stereocenters. The van der Waals surface area contributed by atoms with E-state index in [2.05, 4.69) is 9.97 Å². The van der Waals surface area contributed by atoms with Gasteiger partial charge in [0.1, 0.15) is 10.3 Å². The maximum Gasteiger partial charge on any atom is 0.263 e. The number of hydrogen-bond acceptors (Lipinski definition) is 2. The molecule has 0 saturated carbocycles. The Balaban J connectivity index is 2.52. The SMILES string of the molecule is Cc1c(Cl)nc(-c2cccc(C(F)F)c2)nc1Cl. The molecule has 0 aliphatic carbocycles. The molecule has 0 radical (unpaired) electrons. The second-order valence-electron chi connectivity index (χ2n) is 3.68. The number of rotatable bonds is 2. The molecule has 0 saturated heterocycles. The van der Waals surface area contributed by atoms with E-state index in [4.69, 9.17) is 23.2 Å². The monoisotopic (exact) mass is 288 g/mol. The lowest BCUT2D eigenvalue weighted by Gasteiger charge is -2.06. The molecule has 18 heavy (non-hydrogen) atoms. The van der Waals surface area contributed by atoms with Crippen LogP contribution < -0.4 is 0 Å². The van der Waals surface area contributed by atoms with Crippen molar-refractivity contribution in [1.29, 1.82) is 0 Å². The molecule has 2 nitrogen and oxygen atoms in total. The summed E-state index contributed by atoms with van der Waals surface area (Å²) in [5.74, 6) is 0.234. The number of aromatic nitrogens is 2. The molecule has 0 N–H and O–H groups in total. The zero-order valence-corrected chi connectivity index (χ0v) is 10.8. The molecule has 0 aliphatic heterocycles. The van der Waals surface area contributed by atoms with Crippen molar-refractivity contribution >= 4 is 23.2 Å². The molecule has 1 heterocycles. The van der Waals surface area contributed by atoms with Gasteiger partial charge in [0.2, 0.25) is 0 Å². The first-order valence-electron chi connectivity index (χ1n) is 5.07. The lowest BCUT2D eigenvalue weighted by molar-refractivity contribution is 0.151. The summed E-state index contributed by atoms with van der Waals surface area (Å²) in [6.45, 7) is 1.68. The summed E-state index contributed by atoms with van der Waals surface area (Å²) < 4.78 is 25.2. The summed E-state index contributed by atoms with van der Waals surface area (Å²) in [4.78, 5) is 8.06. The van der Waals surface area contributed by atoms with Gasteiger partial charge in [-0.25, -0.2) is 18.7 Å². The topological polar surface area (TPSA) is 25.8 Å². The fourth-order valence-corrected chi connectivity index (χ4v) is 1.79. The second kappa shape index (κ2) is 5.16. The highest BCUT2D eigenvalue weighted by molar-refractivity contribution is 6.34. The molecule has 1 aromatic heterocycles. The first-order valence-corrected chi connectivity index (χ1v) is 5.82. The average molecular weight is 289 g/mol. The Hall–Kier alpha value is -1.26. The molecule has 2 aromatic rings. The van der Waals surface area contributed by atoms with Gasteiger partial charge in [-0.15, -0.1) is 0 Å². The molecule has 0 spiro atoms. The molecule has 0 atom stereocenters. The van der Waals surface area contributed by atoms with E-state index in [9.17, 15) is 8.78 Å². The smallest absolute Gasteiger partial charge is 0.216 e. The normalized spacial score (nSPS) is 11.0. The molecule has 0 aliphatic rings. The van der Waals surface area contributed by atoms with E-state index < -0.39 is 6.43 Å². The quantitative estimate of drug-likeness (QED) is 0.749. The van der Waals surface area contributed by atoms with Gasteiger partial charge in [-0.2, -0.15) is 0 Å². The Kier molecular flexibility index (Phi) is 3.78. The number of hydrogen-bond donors (Lipinski definition) is 0. The minimum Gasteiger partial charge on any atom is -0.216 e.